The van der Waals surface area contributed by atoms with Crippen LogP contribution in [0.3, 0.4) is 0 Å². The first-order valence-corrected chi connectivity index (χ1v) is 5.58. The molecule has 0 spiro atoms. The number of hydrogen-bond acceptors (Lipinski definition) is 4. The van der Waals surface area contributed by atoms with Crippen molar-refractivity contribution in [1.82, 2.24) is 4.98 Å². The number of aromatic nitrogens is 1. The third kappa shape index (κ3) is 2.36. The van der Waals surface area contributed by atoms with Crippen LogP contribution >= 0.6 is 11.6 Å². The van der Waals surface area contributed by atoms with Crippen LogP contribution in [0.1, 0.15) is 11.1 Å². The number of rotatable bonds is 2. The second-order valence-corrected chi connectivity index (χ2v) is 4.11. The van der Waals surface area contributed by atoms with Gasteiger partial charge in [0.1, 0.15) is 11.1 Å². The van der Waals surface area contributed by atoms with Crippen molar-refractivity contribution in [2.75, 3.05) is 5.73 Å². The predicted molar refractivity (Wildman–Crippen MR) is 69.6 cm³/mol. The van der Waals surface area contributed by atoms with E-state index in [0.29, 0.717) is 17.0 Å². The standard InChI is InChI=1S/C13H10ClN3O/c1-8-2-3-10(16)11(6-8)18-13-12(14)9(7-15)4-5-17-13/h2-6H,16H2,1H3. The molecule has 0 saturated carbocycles. The van der Waals surface area contributed by atoms with E-state index < -0.39 is 0 Å². The van der Waals surface area contributed by atoms with Gasteiger partial charge in [0, 0.05) is 6.20 Å². The van der Waals surface area contributed by atoms with Crippen LogP contribution in [0.5, 0.6) is 11.6 Å². The highest BCUT2D eigenvalue weighted by Gasteiger charge is 2.11. The summed E-state index contributed by atoms with van der Waals surface area (Å²) >= 11 is 6.00. The van der Waals surface area contributed by atoms with E-state index in [1.165, 1.54) is 12.3 Å². The zero-order chi connectivity index (χ0) is 13.1. The summed E-state index contributed by atoms with van der Waals surface area (Å²) in [5.41, 5.74) is 7.60. The summed E-state index contributed by atoms with van der Waals surface area (Å²) in [6.07, 6.45) is 1.46. The van der Waals surface area contributed by atoms with E-state index >= 15 is 0 Å². The molecule has 0 fully saturated rings. The molecular weight excluding hydrogens is 250 g/mol. The Bertz CT molecular complexity index is 635. The van der Waals surface area contributed by atoms with Crippen molar-refractivity contribution >= 4 is 17.3 Å². The molecule has 0 aliphatic rings. The van der Waals surface area contributed by atoms with E-state index in [-0.39, 0.29) is 10.9 Å². The topological polar surface area (TPSA) is 71.9 Å². The molecule has 0 atom stereocenters. The van der Waals surface area contributed by atoms with Gasteiger partial charge in [-0.15, -0.1) is 0 Å². The van der Waals surface area contributed by atoms with Crippen LogP contribution in [0.25, 0.3) is 0 Å². The first-order chi connectivity index (χ1) is 8.61. The molecule has 2 rings (SSSR count). The summed E-state index contributed by atoms with van der Waals surface area (Å²) in [4.78, 5) is 3.99. The number of nitriles is 1. The number of ether oxygens (including phenoxy) is 1. The normalized spacial score (nSPS) is 9.83. The van der Waals surface area contributed by atoms with Crippen molar-refractivity contribution in [3.05, 3.63) is 46.6 Å². The third-order valence-corrected chi connectivity index (χ3v) is 2.72. The first-order valence-electron chi connectivity index (χ1n) is 5.20. The Labute approximate surface area is 110 Å². The van der Waals surface area contributed by atoms with Crippen molar-refractivity contribution < 1.29 is 4.74 Å². The lowest BCUT2D eigenvalue weighted by Crippen LogP contribution is -1.95. The first kappa shape index (κ1) is 12.2. The monoisotopic (exact) mass is 259 g/mol. The molecule has 1 heterocycles. The lowest BCUT2D eigenvalue weighted by Gasteiger charge is -2.09. The van der Waals surface area contributed by atoms with E-state index in [2.05, 4.69) is 4.98 Å². The number of anilines is 1. The Morgan fingerprint density at radius 3 is 2.89 bits per heavy atom. The SMILES string of the molecule is Cc1ccc(N)c(Oc2nccc(C#N)c2Cl)c1. The summed E-state index contributed by atoms with van der Waals surface area (Å²) in [7, 11) is 0. The fourth-order valence-corrected chi connectivity index (χ4v) is 1.61. The highest BCUT2D eigenvalue weighted by atomic mass is 35.5. The lowest BCUT2D eigenvalue weighted by molar-refractivity contribution is 0.465. The number of nitrogens with two attached hydrogens (primary N) is 1. The number of pyridine rings is 1. The molecule has 1 aromatic carbocycles. The molecule has 18 heavy (non-hydrogen) atoms. The fraction of sp³-hybridized carbons (Fsp3) is 0.0769. The Balaban J connectivity index is 2.41. The van der Waals surface area contributed by atoms with E-state index in [0.717, 1.165) is 5.56 Å². The Morgan fingerprint density at radius 2 is 2.17 bits per heavy atom. The second kappa shape index (κ2) is 4.94. The maximum atomic E-state index is 8.87. The maximum absolute atomic E-state index is 8.87. The van der Waals surface area contributed by atoms with Crippen molar-refractivity contribution in [1.29, 1.82) is 5.26 Å². The van der Waals surface area contributed by atoms with Crippen LogP contribution in [0.2, 0.25) is 5.02 Å². The van der Waals surface area contributed by atoms with E-state index in [1.54, 1.807) is 12.1 Å². The van der Waals surface area contributed by atoms with Crippen LogP contribution in [-0.2, 0) is 0 Å². The average Bonchev–Trinajstić information content (AvgIpc) is 2.36. The summed E-state index contributed by atoms with van der Waals surface area (Å²) in [5.74, 6) is 0.646. The number of nitrogens with zero attached hydrogens (tertiary/aromatic N) is 2. The Hall–Kier alpha value is -2.25. The molecule has 1 aromatic heterocycles. The van der Waals surface area contributed by atoms with Gasteiger partial charge in [-0.2, -0.15) is 5.26 Å². The van der Waals surface area contributed by atoms with Crippen LogP contribution in [0.15, 0.2) is 30.5 Å². The zero-order valence-corrected chi connectivity index (χ0v) is 10.4. The number of hydrogen-bond donors (Lipinski definition) is 1. The average molecular weight is 260 g/mol. The van der Waals surface area contributed by atoms with E-state index in [9.17, 15) is 0 Å². The quantitative estimate of drug-likeness (QED) is 0.840. The minimum absolute atomic E-state index is 0.174. The van der Waals surface area contributed by atoms with Crippen LogP contribution in [-0.4, -0.2) is 4.98 Å². The Morgan fingerprint density at radius 1 is 1.39 bits per heavy atom. The molecule has 0 saturated heterocycles. The molecule has 4 nitrogen and oxygen atoms in total. The molecule has 0 unspecified atom stereocenters. The number of nitrogen functional groups attached to an aromatic ring is 1. The van der Waals surface area contributed by atoms with Gasteiger partial charge < -0.3 is 10.5 Å². The van der Waals surface area contributed by atoms with Gasteiger partial charge in [0.2, 0.25) is 5.88 Å². The Kier molecular flexibility index (Phi) is 3.35. The molecule has 0 aliphatic carbocycles. The zero-order valence-electron chi connectivity index (χ0n) is 9.64. The van der Waals surface area contributed by atoms with Crippen molar-refractivity contribution in [2.24, 2.45) is 0 Å². The second-order valence-electron chi connectivity index (χ2n) is 3.73. The molecule has 0 bridgehead atoms. The highest BCUT2D eigenvalue weighted by molar-refractivity contribution is 6.33. The largest absolute Gasteiger partial charge is 0.435 e. The van der Waals surface area contributed by atoms with Crippen molar-refractivity contribution in [2.45, 2.75) is 6.92 Å². The van der Waals surface area contributed by atoms with E-state index in [1.807, 2.05) is 19.1 Å². The minimum Gasteiger partial charge on any atom is -0.435 e. The molecule has 5 heteroatoms. The smallest absolute Gasteiger partial charge is 0.239 e. The van der Waals surface area contributed by atoms with Gasteiger partial charge in [0.25, 0.3) is 0 Å². The minimum atomic E-state index is 0.174. The molecule has 0 amide bonds. The van der Waals surface area contributed by atoms with Gasteiger partial charge in [-0.05, 0) is 30.7 Å². The van der Waals surface area contributed by atoms with Crippen LogP contribution in [0, 0.1) is 18.3 Å². The summed E-state index contributed by atoms with van der Waals surface area (Å²) in [6, 6.07) is 8.89. The number of benzene rings is 1. The number of aryl methyl sites for hydroxylation is 1. The lowest BCUT2D eigenvalue weighted by atomic mass is 10.2. The molecular formula is C13H10ClN3O. The third-order valence-electron chi connectivity index (χ3n) is 2.35. The summed E-state index contributed by atoms with van der Waals surface area (Å²) in [5, 5.41) is 9.05. The highest BCUT2D eigenvalue weighted by Crippen LogP contribution is 2.32. The summed E-state index contributed by atoms with van der Waals surface area (Å²) < 4.78 is 5.54. The fourth-order valence-electron chi connectivity index (χ4n) is 1.42. The molecule has 0 radical (unpaired) electrons. The van der Waals surface area contributed by atoms with Gasteiger partial charge in [-0.3, -0.25) is 0 Å². The van der Waals surface area contributed by atoms with Crippen LogP contribution in [0.4, 0.5) is 5.69 Å². The van der Waals surface area contributed by atoms with E-state index in [4.69, 9.17) is 27.3 Å². The van der Waals surface area contributed by atoms with Gasteiger partial charge in [0.15, 0.2) is 5.75 Å². The summed E-state index contributed by atoms with van der Waals surface area (Å²) in [6.45, 7) is 1.92. The van der Waals surface area contributed by atoms with Crippen LogP contribution < -0.4 is 10.5 Å². The molecule has 0 aliphatic heterocycles. The van der Waals surface area contributed by atoms with Crippen molar-refractivity contribution in [3.8, 4) is 17.7 Å². The van der Waals surface area contributed by atoms with Crippen molar-refractivity contribution in [3.63, 3.8) is 0 Å². The number of halogens is 1. The molecule has 2 aromatic rings. The van der Waals surface area contributed by atoms with Gasteiger partial charge in [-0.1, -0.05) is 17.7 Å². The van der Waals surface area contributed by atoms with Gasteiger partial charge in [-0.25, -0.2) is 4.98 Å². The van der Waals surface area contributed by atoms with Gasteiger partial charge in [0.05, 0.1) is 11.3 Å². The molecule has 90 valence electrons. The maximum Gasteiger partial charge on any atom is 0.239 e. The predicted octanol–water partition coefficient (Wildman–Crippen LogP) is 3.29. The molecule has 2 N–H and O–H groups in total. The van der Waals surface area contributed by atoms with Gasteiger partial charge >= 0.3 is 0 Å².